The molecule has 1 saturated heterocycles. The summed E-state index contributed by atoms with van der Waals surface area (Å²) in [5.41, 5.74) is 0.508. The third kappa shape index (κ3) is 5.70. The van der Waals surface area contributed by atoms with Gasteiger partial charge in [-0.1, -0.05) is 6.07 Å². The summed E-state index contributed by atoms with van der Waals surface area (Å²) in [5, 5.41) is 0.482. The Kier molecular flexibility index (Phi) is 7.71. The SMILES string of the molecule is COc1cc2c(Oc3cccc(OC(C)=O)c3F)ncnc2cc1OCCOC1CCCCO1. The Balaban J connectivity index is 1.51. The zero-order valence-electron chi connectivity index (χ0n) is 18.9. The topological polar surface area (TPSA) is 98.2 Å². The first kappa shape index (κ1) is 23.7. The maximum absolute atomic E-state index is 14.7. The predicted molar refractivity (Wildman–Crippen MR) is 119 cm³/mol. The molecular formula is C24H25FN2O7. The molecule has 0 amide bonds. The van der Waals surface area contributed by atoms with E-state index in [0.29, 0.717) is 42.2 Å². The lowest BCUT2D eigenvalue weighted by atomic mass is 10.2. The lowest BCUT2D eigenvalue weighted by molar-refractivity contribution is -0.165. The highest BCUT2D eigenvalue weighted by molar-refractivity contribution is 5.87. The van der Waals surface area contributed by atoms with Gasteiger partial charge in [-0.3, -0.25) is 4.79 Å². The van der Waals surface area contributed by atoms with E-state index in [2.05, 4.69) is 9.97 Å². The number of carbonyl (C=O) groups is 1. The monoisotopic (exact) mass is 472 g/mol. The zero-order chi connectivity index (χ0) is 23.9. The number of nitrogens with zero attached hydrogens (tertiary/aromatic N) is 2. The summed E-state index contributed by atoms with van der Waals surface area (Å²) in [6, 6.07) is 7.58. The molecule has 1 unspecified atom stereocenters. The van der Waals surface area contributed by atoms with Crippen LogP contribution in [0.3, 0.4) is 0 Å². The van der Waals surface area contributed by atoms with Crippen molar-refractivity contribution < 1.29 is 37.6 Å². The Bertz CT molecular complexity index is 1150. The smallest absolute Gasteiger partial charge is 0.308 e. The molecule has 0 radical (unpaired) electrons. The van der Waals surface area contributed by atoms with Gasteiger partial charge in [0.15, 0.2) is 29.3 Å². The number of aromatic nitrogens is 2. The molecule has 9 nitrogen and oxygen atoms in total. The number of rotatable bonds is 9. The Morgan fingerprint density at radius 3 is 2.74 bits per heavy atom. The van der Waals surface area contributed by atoms with Gasteiger partial charge in [-0.05, 0) is 37.5 Å². The summed E-state index contributed by atoms with van der Waals surface area (Å²) in [6.07, 6.45) is 4.13. The maximum Gasteiger partial charge on any atom is 0.308 e. The fourth-order valence-corrected chi connectivity index (χ4v) is 3.48. The van der Waals surface area contributed by atoms with Gasteiger partial charge in [0.25, 0.3) is 0 Å². The highest BCUT2D eigenvalue weighted by Crippen LogP contribution is 2.37. The van der Waals surface area contributed by atoms with Crippen molar-refractivity contribution in [2.45, 2.75) is 32.5 Å². The number of benzene rings is 2. The van der Waals surface area contributed by atoms with Crippen molar-refractivity contribution in [1.29, 1.82) is 0 Å². The molecule has 0 bridgehead atoms. The van der Waals surface area contributed by atoms with E-state index in [1.54, 1.807) is 12.1 Å². The maximum atomic E-state index is 14.7. The van der Waals surface area contributed by atoms with Crippen LogP contribution in [0.4, 0.5) is 4.39 Å². The molecule has 3 aromatic rings. The molecule has 0 N–H and O–H groups in total. The molecule has 0 aliphatic carbocycles. The molecule has 2 heterocycles. The number of methoxy groups -OCH3 is 1. The molecule has 1 aromatic heterocycles. The van der Waals surface area contributed by atoms with Crippen LogP contribution in [-0.4, -0.2) is 49.2 Å². The van der Waals surface area contributed by atoms with Crippen molar-refractivity contribution in [2.75, 3.05) is 26.9 Å². The van der Waals surface area contributed by atoms with E-state index in [1.165, 1.54) is 38.6 Å². The van der Waals surface area contributed by atoms with E-state index in [-0.39, 0.29) is 23.7 Å². The third-order valence-corrected chi connectivity index (χ3v) is 5.05. The summed E-state index contributed by atoms with van der Waals surface area (Å²) >= 11 is 0. The number of hydrogen-bond acceptors (Lipinski definition) is 9. The second-order valence-electron chi connectivity index (χ2n) is 7.48. The van der Waals surface area contributed by atoms with Gasteiger partial charge in [-0.25, -0.2) is 9.97 Å². The van der Waals surface area contributed by atoms with Crippen LogP contribution in [0.1, 0.15) is 26.2 Å². The summed E-state index contributed by atoms with van der Waals surface area (Å²) < 4.78 is 47.8. The lowest BCUT2D eigenvalue weighted by Gasteiger charge is -2.22. The fourth-order valence-electron chi connectivity index (χ4n) is 3.48. The molecule has 1 fully saturated rings. The summed E-state index contributed by atoms with van der Waals surface area (Å²) in [6.45, 7) is 2.56. The highest BCUT2D eigenvalue weighted by Gasteiger charge is 2.18. The van der Waals surface area contributed by atoms with Gasteiger partial charge in [-0.15, -0.1) is 0 Å². The molecular weight excluding hydrogens is 447 g/mol. The summed E-state index contributed by atoms with van der Waals surface area (Å²) in [5.74, 6) is -0.856. The number of ether oxygens (including phenoxy) is 6. The molecule has 0 spiro atoms. The van der Waals surface area contributed by atoms with Crippen LogP contribution in [-0.2, 0) is 14.3 Å². The van der Waals surface area contributed by atoms with Crippen molar-refractivity contribution in [1.82, 2.24) is 9.97 Å². The van der Waals surface area contributed by atoms with E-state index < -0.39 is 11.8 Å². The molecule has 10 heteroatoms. The molecule has 2 aromatic carbocycles. The normalized spacial score (nSPS) is 15.7. The van der Waals surface area contributed by atoms with E-state index in [0.717, 1.165) is 19.3 Å². The minimum atomic E-state index is -0.821. The Morgan fingerprint density at radius 2 is 1.97 bits per heavy atom. The van der Waals surface area contributed by atoms with E-state index in [1.807, 2.05) is 0 Å². The lowest BCUT2D eigenvalue weighted by Crippen LogP contribution is -2.24. The van der Waals surface area contributed by atoms with Gasteiger partial charge in [0.05, 0.1) is 24.6 Å². The van der Waals surface area contributed by atoms with Crippen molar-refractivity contribution in [3.8, 4) is 28.9 Å². The summed E-state index contributed by atoms with van der Waals surface area (Å²) in [4.78, 5) is 19.6. The number of fused-ring (bicyclic) bond motifs is 1. The first-order valence-electron chi connectivity index (χ1n) is 10.9. The van der Waals surface area contributed by atoms with Gasteiger partial charge < -0.3 is 28.4 Å². The predicted octanol–water partition coefficient (Wildman–Crippen LogP) is 4.42. The standard InChI is InChI=1S/C24H25FN2O7/c1-15(28)33-18-6-5-7-19(23(18)25)34-24-16-12-20(29-2)21(13-17(16)26-14-27-24)30-10-11-32-22-8-3-4-9-31-22/h5-7,12-14,22H,3-4,8-11H2,1-2H3. The second kappa shape index (κ2) is 11.1. The van der Waals surface area contributed by atoms with Crippen LogP contribution in [0, 0.1) is 5.82 Å². The summed E-state index contributed by atoms with van der Waals surface area (Å²) in [7, 11) is 1.51. The average molecular weight is 472 g/mol. The van der Waals surface area contributed by atoms with Gasteiger partial charge in [0, 0.05) is 19.6 Å². The van der Waals surface area contributed by atoms with Gasteiger partial charge in [0.1, 0.15) is 12.9 Å². The van der Waals surface area contributed by atoms with Gasteiger partial charge in [0.2, 0.25) is 11.7 Å². The second-order valence-corrected chi connectivity index (χ2v) is 7.48. The Morgan fingerprint density at radius 1 is 1.12 bits per heavy atom. The van der Waals surface area contributed by atoms with Crippen molar-refractivity contribution in [2.24, 2.45) is 0 Å². The molecule has 1 aliphatic rings. The van der Waals surface area contributed by atoms with Crippen LogP contribution in [0.5, 0.6) is 28.9 Å². The van der Waals surface area contributed by atoms with Crippen LogP contribution < -0.4 is 18.9 Å². The number of esters is 1. The molecule has 180 valence electrons. The first-order valence-corrected chi connectivity index (χ1v) is 10.9. The molecule has 4 rings (SSSR count). The van der Waals surface area contributed by atoms with Crippen LogP contribution in [0.15, 0.2) is 36.7 Å². The first-order chi connectivity index (χ1) is 16.5. The molecule has 1 aliphatic heterocycles. The molecule has 1 atom stereocenters. The van der Waals surface area contributed by atoms with Crippen LogP contribution >= 0.6 is 0 Å². The molecule has 34 heavy (non-hydrogen) atoms. The quantitative estimate of drug-likeness (QED) is 0.255. The van der Waals surface area contributed by atoms with Crippen molar-refractivity contribution >= 4 is 16.9 Å². The van der Waals surface area contributed by atoms with Gasteiger partial charge >= 0.3 is 5.97 Å². The third-order valence-electron chi connectivity index (χ3n) is 5.05. The van der Waals surface area contributed by atoms with Crippen molar-refractivity contribution in [3.63, 3.8) is 0 Å². The minimum absolute atomic E-state index is 0.103. The van der Waals surface area contributed by atoms with Crippen LogP contribution in [0.25, 0.3) is 10.9 Å². The van der Waals surface area contributed by atoms with Gasteiger partial charge in [-0.2, -0.15) is 4.39 Å². The van der Waals surface area contributed by atoms with E-state index >= 15 is 0 Å². The van der Waals surface area contributed by atoms with E-state index in [4.69, 9.17) is 28.4 Å². The minimum Gasteiger partial charge on any atom is -0.493 e. The van der Waals surface area contributed by atoms with E-state index in [9.17, 15) is 9.18 Å². The highest BCUT2D eigenvalue weighted by atomic mass is 19.1. The number of hydrogen-bond donors (Lipinski definition) is 0. The fraction of sp³-hybridized carbons (Fsp3) is 0.375. The Labute approximate surface area is 195 Å². The van der Waals surface area contributed by atoms with Crippen molar-refractivity contribution in [3.05, 3.63) is 42.5 Å². The molecule has 0 saturated carbocycles. The Hall–Kier alpha value is -3.50. The number of carbonyl (C=O) groups excluding carboxylic acids is 1. The van der Waals surface area contributed by atoms with Crippen LogP contribution in [0.2, 0.25) is 0 Å². The average Bonchev–Trinajstić information content (AvgIpc) is 2.84. The number of halogens is 1. The zero-order valence-corrected chi connectivity index (χ0v) is 18.9. The largest absolute Gasteiger partial charge is 0.493 e.